The van der Waals surface area contributed by atoms with Crippen molar-refractivity contribution < 1.29 is 14.0 Å². The van der Waals surface area contributed by atoms with Crippen LogP contribution in [0.25, 0.3) is 10.9 Å². The van der Waals surface area contributed by atoms with E-state index in [0.29, 0.717) is 12.5 Å². The first kappa shape index (κ1) is 22.4. The molecule has 1 aromatic heterocycles. The monoisotopic (exact) mass is 453 g/mol. The highest BCUT2D eigenvalue weighted by Crippen LogP contribution is 2.42. The SMILES string of the molecule is CC(C)CCNC(=O)[C@@H]1c2c(n(C)c3ccccc23)SCC(=O)N1Cc1ccc(F)cc1. The second kappa shape index (κ2) is 9.36. The van der Waals surface area contributed by atoms with Crippen molar-refractivity contribution in [3.63, 3.8) is 0 Å². The molecule has 4 rings (SSSR count). The first-order valence-electron chi connectivity index (χ1n) is 10.9. The second-order valence-corrected chi connectivity index (χ2v) is 9.57. The van der Waals surface area contributed by atoms with Gasteiger partial charge in [0.2, 0.25) is 11.8 Å². The molecule has 1 aliphatic heterocycles. The molecule has 2 amide bonds. The van der Waals surface area contributed by atoms with Gasteiger partial charge in [0.1, 0.15) is 11.9 Å². The Morgan fingerprint density at radius 1 is 1.19 bits per heavy atom. The van der Waals surface area contributed by atoms with Gasteiger partial charge in [-0.2, -0.15) is 0 Å². The van der Waals surface area contributed by atoms with E-state index < -0.39 is 6.04 Å². The summed E-state index contributed by atoms with van der Waals surface area (Å²) in [4.78, 5) is 28.4. The van der Waals surface area contributed by atoms with Crippen LogP contribution in [-0.2, 0) is 23.2 Å². The maximum Gasteiger partial charge on any atom is 0.247 e. The van der Waals surface area contributed by atoms with Crippen molar-refractivity contribution >= 4 is 34.5 Å². The van der Waals surface area contributed by atoms with E-state index in [1.54, 1.807) is 17.0 Å². The third-order valence-corrected chi connectivity index (χ3v) is 7.02. The number of hydrogen-bond donors (Lipinski definition) is 1. The van der Waals surface area contributed by atoms with Crippen molar-refractivity contribution in [3.05, 3.63) is 65.5 Å². The van der Waals surface area contributed by atoms with Crippen LogP contribution in [0.15, 0.2) is 53.6 Å². The van der Waals surface area contributed by atoms with E-state index in [2.05, 4.69) is 23.7 Å². The summed E-state index contributed by atoms with van der Waals surface area (Å²) in [5.41, 5.74) is 2.68. The minimum Gasteiger partial charge on any atom is -0.354 e. The van der Waals surface area contributed by atoms with Crippen molar-refractivity contribution in [2.75, 3.05) is 12.3 Å². The molecule has 32 heavy (non-hydrogen) atoms. The van der Waals surface area contributed by atoms with Crippen LogP contribution < -0.4 is 5.32 Å². The smallest absolute Gasteiger partial charge is 0.247 e. The Bertz CT molecular complexity index is 1140. The summed E-state index contributed by atoms with van der Waals surface area (Å²) < 4.78 is 15.5. The highest BCUT2D eigenvalue weighted by Gasteiger charge is 2.38. The molecule has 0 bridgehead atoms. The number of nitrogens with one attached hydrogen (secondary N) is 1. The molecule has 7 heteroatoms. The largest absolute Gasteiger partial charge is 0.354 e. The number of para-hydroxylation sites is 1. The number of aryl methyl sites for hydroxylation is 1. The standard InChI is InChI=1S/C25H28FN3O2S/c1-16(2)12-13-27-24(31)23-22-19-6-4-5-7-20(19)28(3)25(22)32-15-21(30)29(23)14-17-8-10-18(26)11-9-17/h4-11,16,23H,12-15H2,1-3H3,(H,27,31)/t23-/m0/s1. The molecule has 0 aliphatic carbocycles. The van der Waals surface area contributed by atoms with E-state index in [0.717, 1.165) is 33.5 Å². The molecular weight excluding hydrogens is 425 g/mol. The van der Waals surface area contributed by atoms with Crippen molar-refractivity contribution in [2.45, 2.75) is 37.9 Å². The Balaban J connectivity index is 1.80. The van der Waals surface area contributed by atoms with E-state index in [9.17, 15) is 14.0 Å². The van der Waals surface area contributed by atoms with Gasteiger partial charge in [-0.25, -0.2) is 4.39 Å². The molecular formula is C25H28FN3O2S. The zero-order valence-corrected chi connectivity index (χ0v) is 19.4. The number of carbonyl (C=O) groups excluding carboxylic acids is 2. The third-order valence-electron chi connectivity index (χ3n) is 5.86. The second-order valence-electron chi connectivity index (χ2n) is 8.61. The predicted molar refractivity (Wildman–Crippen MR) is 126 cm³/mol. The molecule has 5 nitrogen and oxygen atoms in total. The lowest BCUT2D eigenvalue weighted by Gasteiger charge is -2.30. The average Bonchev–Trinajstić information content (AvgIpc) is 2.95. The fraction of sp³-hybridized carbons (Fsp3) is 0.360. The molecule has 3 aromatic rings. The molecule has 1 atom stereocenters. The van der Waals surface area contributed by atoms with Gasteiger partial charge in [0.05, 0.1) is 10.8 Å². The topological polar surface area (TPSA) is 54.3 Å². The van der Waals surface area contributed by atoms with Gasteiger partial charge in [0.25, 0.3) is 0 Å². The molecule has 0 fully saturated rings. The summed E-state index contributed by atoms with van der Waals surface area (Å²) >= 11 is 1.47. The lowest BCUT2D eigenvalue weighted by molar-refractivity contribution is -0.139. The predicted octanol–water partition coefficient (Wildman–Crippen LogP) is 4.66. The van der Waals surface area contributed by atoms with E-state index in [1.165, 1.54) is 23.9 Å². The zero-order valence-electron chi connectivity index (χ0n) is 18.6. The Hall–Kier alpha value is -2.80. The molecule has 1 aliphatic rings. The summed E-state index contributed by atoms with van der Waals surface area (Å²) in [5, 5.41) is 4.97. The first-order valence-corrected chi connectivity index (χ1v) is 11.9. The number of aromatic nitrogens is 1. The number of rotatable bonds is 6. The zero-order chi connectivity index (χ0) is 22.8. The van der Waals surface area contributed by atoms with Crippen LogP contribution in [0, 0.1) is 11.7 Å². The van der Waals surface area contributed by atoms with Gasteiger partial charge in [-0.3, -0.25) is 9.59 Å². The van der Waals surface area contributed by atoms with Crippen LogP contribution in [-0.4, -0.2) is 33.6 Å². The number of nitrogens with zero attached hydrogens (tertiary/aromatic N) is 2. The van der Waals surface area contributed by atoms with Crippen molar-refractivity contribution in [2.24, 2.45) is 13.0 Å². The molecule has 0 saturated carbocycles. The van der Waals surface area contributed by atoms with Crippen LogP contribution in [0.4, 0.5) is 4.39 Å². The summed E-state index contributed by atoms with van der Waals surface area (Å²) in [6.07, 6.45) is 0.863. The number of amides is 2. The fourth-order valence-corrected chi connectivity index (χ4v) is 5.27. The van der Waals surface area contributed by atoms with Gasteiger partial charge >= 0.3 is 0 Å². The van der Waals surface area contributed by atoms with Crippen molar-refractivity contribution in [1.29, 1.82) is 0 Å². The Labute approximate surface area is 192 Å². The van der Waals surface area contributed by atoms with Gasteiger partial charge in [-0.15, -0.1) is 0 Å². The van der Waals surface area contributed by atoms with Gasteiger partial charge in [-0.05, 0) is 36.1 Å². The lowest BCUT2D eigenvalue weighted by Crippen LogP contribution is -2.43. The summed E-state index contributed by atoms with van der Waals surface area (Å²) in [7, 11) is 1.97. The van der Waals surface area contributed by atoms with E-state index in [1.807, 2.05) is 31.3 Å². The Kier molecular flexibility index (Phi) is 6.55. The summed E-state index contributed by atoms with van der Waals surface area (Å²) in [6, 6.07) is 13.3. The van der Waals surface area contributed by atoms with Crippen LogP contribution >= 0.6 is 11.8 Å². The molecule has 2 aromatic carbocycles. The van der Waals surface area contributed by atoms with E-state index >= 15 is 0 Å². The van der Waals surface area contributed by atoms with Crippen LogP contribution in [0.5, 0.6) is 0 Å². The lowest BCUT2D eigenvalue weighted by atomic mass is 10.0. The molecule has 0 spiro atoms. The molecule has 2 heterocycles. The van der Waals surface area contributed by atoms with Crippen molar-refractivity contribution in [1.82, 2.24) is 14.8 Å². The number of carbonyl (C=O) groups is 2. The molecule has 0 unspecified atom stereocenters. The van der Waals surface area contributed by atoms with Crippen LogP contribution in [0.1, 0.15) is 37.4 Å². The van der Waals surface area contributed by atoms with Crippen LogP contribution in [0.2, 0.25) is 0 Å². The molecule has 1 N–H and O–H groups in total. The van der Waals surface area contributed by atoms with Gasteiger partial charge < -0.3 is 14.8 Å². The molecule has 0 saturated heterocycles. The maximum atomic E-state index is 13.6. The Morgan fingerprint density at radius 2 is 1.91 bits per heavy atom. The fourth-order valence-electron chi connectivity index (χ4n) is 4.17. The highest BCUT2D eigenvalue weighted by atomic mass is 32.2. The quantitative estimate of drug-likeness (QED) is 0.591. The Morgan fingerprint density at radius 3 is 2.62 bits per heavy atom. The normalized spacial score (nSPS) is 16.3. The number of hydrogen-bond acceptors (Lipinski definition) is 3. The van der Waals surface area contributed by atoms with E-state index in [-0.39, 0.29) is 29.9 Å². The van der Waals surface area contributed by atoms with Gasteiger partial charge in [0, 0.05) is 36.6 Å². The minimum atomic E-state index is -0.754. The summed E-state index contributed by atoms with van der Waals surface area (Å²) in [5.74, 6) is 0.0921. The van der Waals surface area contributed by atoms with Crippen LogP contribution in [0.3, 0.4) is 0 Å². The average molecular weight is 454 g/mol. The third kappa shape index (κ3) is 4.39. The summed E-state index contributed by atoms with van der Waals surface area (Å²) in [6.45, 7) is 5.02. The number of benzene rings is 2. The highest BCUT2D eigenvalue weighted by molar-refractivity contribution is 8.00. The maximum absolute atomic E-state index is 13.6. The number of halogens is 1. The molecule has 0 radical (unpaired) electrons. The van der Waals surface area contributed by atoms with E-state index in [4.69, 9.17) is 0 Å². The van der Waals surface area contributed by atoms with Crippen molar-refractivity contribution in [3.8, 4) is 0 Å². The van der Waals surface area contributed by atoms with Gasteiger partial charge in [-0.1, -0.05) is 55.9 Å². The molecule has 168 valence electrons. The minimum absolute atomic E-state index is 0.108. The number of thioether (sulfide) groups is 1. The van der Waals surface area contributed by atoms with Gasteiger partial charge in [0.15, 0.2) is 0 Å². The first-order chi connectivity index (χ1) is 15.4. The number of fused-ring (bicyclic) bond motifs is 3.